The third-order valence-corrected chi connectivity index (χ3v) is 1.98. The predicted molar refractivity (Wildman–Crippen MR) is 60.2 cm³/mol. The molecule has 0 saturated heterocycles. The van der Waals surface area contributed by atoms with E-state index >= 15 is 0 Å². The Hall–Kier alpha value is -1.61. The van der Waals surface area contributed by atoms with Gasteiger partial charge in [0.05, 0.1) is 6.54 Å². The Balaban J connectivity index is 0.00000112. The van der Waals surface area contributed by atoms with Gasteiger partial charge in [-0.05, 0) is 5.56 Å². The first kappa shape index (κ1) is 11.5. The molecule has 2 rings (SSSR count). The maximum absolute atomic E-state index is 9.44. The summed E-state index contributed by atoms with van der Waals surface area (Å²) in [5.41, 5.74) is 1.14. The van der Waals surface area contributed by atoms with Crippen LogP contribution in [0.5, 0.6) is 0 Å². The van der Waals surface area contributed by atoms with Crippen molar-refractivity contribution in [1.29, 1.82) is 0 Å². The van der Waals surface area contributed by atoms with Gasteiger partial charge in [-0.25, -0.2) is 0 Å². The second-order valence-electron chi connectivity index (χ2n) is 3.01. The largest absolute Gasteiger partial charge is 0.492 e. The van der Waals surface area contributed by atoms with Crippen LogP contribution in [0.15, 0.2) is 54.9 Å². The quantitative estimate of drug-likeness (QED) is 0.840. The standard InChI is InChI=1S/C11H11NO2.ClH/c13-11-9-14-7-6-12(11)8-10-4-2-1-3-5-10;/h1-7,9,13H,8H2;1H. The lowest BCUT2D eigenvalue weighted by atomic mass is 10.2. The third-order valence-electron chi connectivity index (χ3n) is 1.98. The highest BCUT2D eigenvalue weighted by Gasteiger charge is 2.08. The summed E-state index contributed by atoms with van der Waals surface area (Å²) >= 11 is 0. The average molecular weight is 226 g/mol. The molecule has 1 aromatic rings. The number of rotatable bonds is 2. The van der Waals surface area contributed by atoms with Crippen LogP contribution in [0.2, 0.25) is 0 Å². The number of nitrogens with zero attached hydrogens (tertiary/aromatic N) is 1. The minimum Gasteiger partial charge on any atom is -0.492 e. The molecule has 0 fully saturated rings. The van der Waals surface area contributed by atoms with E-state index in [-0.39, 0.29) is 18.3 Å². The fourth-order valence-corrected chi connectivity index (χ4v) is 1.27. The Bertz CT molecular complexity index is 362. The van der Waals surface area contributed by atoms with E-state index in [0.29, 0.717) is 6.54 Å². The van der Waals surface area contributed by atoms with E-state index in [1.807, 2.05) is 30.3 Å². The molecule has 0 unspecified atom stereocenters. The maximum atomic E-state index is 9.44. The van der Waals surface area contributed by atoms with E-state index < -0.39 is 0 Å². The van der Waals surface area contributed by atoms with E-state index in [2.05, 4.69) is 0 Å². The molecule has 0 aromatic heterocycles. The fourth-order valence-electron chi connectivity index (χ4n) is 1.27. The summed E-state index contributed by atoms with van der Waals surface area (Å²) in [5, 5.41) is 9.44. The van der Waals surface area contributed by atoms with Crippen molar-refractivity contribution in [2.45, 2.75) is 6.54 Å². The molecule has 0 radical (unpaired) electrons. The van der Waals surface area contributed by atoms with Crippen LogP contribution in [0, 0.1) is 0 Å². The molecule has 0 bridgehead atoms. The second-order valence-corrected chi connectivity index (χ2v) is 3.01. The molecule has 1 aliphatic rings. The molecule has 1 aromatic carbocycles. The summed E-state index contributed by atoms with van der Waals surface area (Å²) in [6.45, 7) is 0.642. The van der Waals surface area contributed by atoms with E-state index in [4.69, 9.17) is 4.74 Å². The first-order valence-electron chi connectivity index (χ1n) is 4.38. The van der Waals surface area contributed by atoms with Gasteiger partial charge in [-0.1, -0.05) is 30.3 Å². The highest BCUT2D eigenvalue weighted by molar-refractivity contribution is 5.85. The van der Waals surface area contributed by atoms with Crippen molar-refractivity contribution < 1.29 is 9.84 Å². The zero-order valence-corrected chi connectivity index (χ0v) is 8.85. The zero-order chi connectivity index (χ0) is 9.80. The van der Waals surface area contributed by atoms with E-state index in [1.54, 1.807) is 11.1 Å². The van der Waals surface area contributed by atoms with E-state index in [1.165, 1.54) is 12.5 Å². The van der Waals surface area contributed by atoms with Crippen LogP contribution in [0.3, 0.4) is 0 Å². The summed E-state index contributed by atoms with van der Waals surface area (Å²) in [6.07, 6.45) is 4.54. The third kappa shape index (κ3) is 2.92. The van der Waals surface area contributed by atoms with Crippen molar-refractivity contribution in [3.05, 3.63) is 60.5 Å². The van der Waals surface area contributed by atoms with Gasteiger partial charge in [-0.2, -0.15) is 0 Å². The maximum Gasteiger partial charge on any atom is 0.227 e. The number of ether oxygens (including phenoxy) is 1. The Morgan fingerprint density at radius 1 is 1.20 bits per heavy atom. The molecule has 0 atom stereocenters. The van der Waals surface area contributed by atoms with Crippen LogP contribution in [-0.4, -0.2) is 10.0 Å². The molecule has 80 valence electrons. The average Bonchev–Trinajstić information content (AvgIpc) is 2.23. The van der Waals surface area contributed by atoms with E-state index in [9.17, 15) is 5.11 Å². The number of hydrogen-bond donors (Lipinski definition) is 1. The lowest BCUT2D eigenvalue weighted by Gasteiger charge is -2.20. The van der Waals surface area contributed by atoms with Gasteiger partial charge >= 0.3 is 0 Å². The van der Waals surface area contributed by atoms with Gasteiger partial charge in [-0.15, -0.1) is 12.4 Å². The number of aliphatic hydroxyl groups is 1. The summed E-state index contributed by atoms with van der Waals surface area (Å²) < 4.78 is 4.82. The van der Waals surface area contributed by atoms with Crippen LogP contribution >= 0.6 is 12.4 Å². The Morgan fingerprint density at radius 2 is 1.93 bits per heavy atom. The van der Waals surface area contributed by atoms with Crippen molar-refractivity contribution >= 4 is 12.4 Å². The van der Waals surface area contributed by atoms with Crippen molar-refractivity contribution in [1.82, 2.24) is 4.90 Å². The lowest BCUT2D eigenvalue weighted by Crippen LogP contribution is -2.18. The molecule has 1 N–H and O–H groups in total. The normalized spacial score (nSPS) is 13.9. The molecule has 0 aliphatic carbocycles. The number of aliphatic hydroxyl groups excluding tert-OH is 1. The summed E-state index contributed by atoms with van der Waals surface area (Å²) in [4.78, 5) is 1.71. The van der Waals surface area contributed by atoms with Gasteiger partial charge in [0.2, 0.25) is 5.88 Å². The summed E-state index contributed by atoms with van der Waals surface area (Å²) in [5.74, 6) is 0.122. The number of benzene rings is 1. The van der Waals surface area contributed by atoms with Gasteiger partial charge in [-0.3, -0.25) is 0 Å². The molecule has 1 heterocycles. The fraction of sp³-hybridized carbons (Fsp3) is 0.0909. The molecule has 15 heavy (non-hydrogen) atoms. The van der Waals surface area contributed by atoms with Crippen molar-refractivity contribution in [2.75, 3.05) is 0 Å². The molecular weight excluding hydrogens is 214 g/mol. The van der Waals surface area contributed by atoms with Gasteiger partial charge in [0.15, 0.2) is 6.26 Å². The Morgan fingerprint density at radius 3 is 2.60 bits per heavy atom. The zero-order valence-electron chi connectivity index (χ0n) is 8.04. The summed E-state index contributed by atoms with van der Waals surface area (Å²) in [6, 6.07) is 9.93. The Labute approximate surface area is 94.7 Å². The van der Waals surface area contributed by atoms with Gasteiger partial charge in [0.25, 0.3) is 0 Å². The monoisotopic (exact) mass is 225 g/mol. The minimum atomic E-state index is 0. The topological polar surface area (TPSA) is 32.7 Å². The smallest absolute Gasteiger partial charge is 0.227 e. The molecule has 3 nitrogen and oxygen atoms in total. The summed E-state index contributed by atoms with van der Waals surface area (Å²) in [7, 11) is 0. The van der Waals surface area contributed by atoms with Gasteiger partial charge in [0.1, 0.15) is 6.26 Å². The van der Waals surface area contributed by atoms with Crippen LogP contribution in [-0.2, 0) is 11.3 Å². The lowest BCUT2D eigenvalue weighted by molar-refractivity contribution is 0.198. The molecule has 1 aliphatic heterocycles. The van der Waals surface area contributed by atoms with Crippen molar-refractivity contribution in [2.24, 2.45) is 0 Å². The van der Waals surface area contributed by atoms with Gasteiger partial charge < -0.3 is 14.7 Å². The number of halogens is 1. The molecule has 0 saturated carbocycles. The highest BCUT2D eigenvalue weighted by atomic mass is 35.5. The second kappa shape index (κ2) is 5.32. The van der Waals surface area contributed by atoms with Crippen LogP contribution < -0.4 is 0 Å². The minimum absolute atomic E-state index is 0. The van der Waals surface area contributed by atoms with Crippen LogP contribution in [0.25, 0.3) is 0 Å². The van der Waals surface area contributed by atoms with Crippen LogP contribution in [0.4, 0.5) is 0 Å². The van der Waals surface area contributed by atoms with Crippen LogP contribution in [0.1, 0.15) is 5.56 Å². The molecular formula is C11H12ClNO2. The molecule has 4 heteroatoms. The van der Waals surface area contributed by atoms with Crippen molar-refractivity contribution in [3.63, 3.8) is 0 Å². The van der Waals surface area contributed by atoms with E-state index in [0.717, 1.165) is 5.56 Å². The Kier molecular flexibility index (Phi) is 4.06. The highest BCUT2D eigenvalue weighted by Crippen LogP contribution is 2.12. The van der Waals surface area contributed by atoms with Crippen molar-refractivity contribution in [3.8, 4) is 0 Å². The first-order chi connectivity index (χ1) is 6.86. The molecule has 0 spiro atoms. The van der Waals surface area contributed by atoms with Gasteiger partial charge in [0, 0.05) is 6.20 Å². The predicted octanol–water partition coefficient (Wildman–Crippen LogP) is 2.77. The SMILES string of the molecule is Cl.OC1=COC=CN1Cc1ccccc1. The molecule has 0 amide bonds. The number of hydrogen-bond acceptors (Lipinski definition) is 3. The first-order valence-corrected chi connectivity index (χ1v) is 4.38.